The van der Waals surface area contributed by atoms with E-state index in [1.807, 2.05) is 0 Å². The Hall–Kier alpha value is -3.62. The van der Waals surface area contributed by atoms with Crippen molar-refractivity contribution >= 4 is 11.9 Å². The van der Waals surface area contributed by atoms with Gasteiger partial charge < -0.3 is 20.9 Å². The highest BCUT2D eigenvalue weighted by Crippen LogP contribution is 2.25. The molecule has 9 nitrogen and oxygen atoms in total. The molecule has 0 bridgehead atoms. The van der Waals surface area contributed by atoms with Gasteiger partial charge in [-0.2, -0.15) is 5.10 Å². The van der Waals surface area contributed by atoms with Gasteiger partial charge in [-0.25, -0.2) is 9.78 Å². The molecule has 0 saturated carbocycles. The molecule has 0 saturated heterocycles. The first-order valence-corrected chi connectivity index (χ1v) is 7.45. The number of amides is 1. The smallest absolute Gasteiger partial charge is 0.404 e. The highest BCUT2D eigenvalue weighted by molar-refractivity contribution is 5.64. The number of rotatable bonds is 6. The molecule has 25 heavy (non-hydrogen) atoms. The molecule has 4 N–H and O–H groups in total. The van der Waals surface area contributed by atoms with Gasteiger partial charge in [0, 0.05) is 30.6 Å². The maximum Gasteiger partial charge on any atom is 0.404 e. The van der Waals surface area contributed by atoms with Crippen LogP contribution in [0, 0.1) is 0 Å². The van der Waals surface area contributed by atoms with E-state index in [4.69, 9.17) is 15.6 Å². The van der Waals surface area contributed by atoms with Gasteiger partial charge >= 0.3 is 6.09 Å². The minimum Gasteiger partial charge on any atom is -0.465 e. The van der Waals surface area contributed by atoms with Crippen LogP contribution < -0.4 is 15.8 Å². The van der Waals surface area contributed by atoms with Crippen molar-refractivity contribution in [2.24, 2.45) is 0 Å². The summed E-state index contributed by atoms with van der Waals surface area (Å²) in [4.78, 5) is 18.7. The Kier molecular flexibility index (Phi) is 4.74. The molecule has 3 aromatic rings. The number of ether oxygens (including phenoxy) is 1. The highest BCUT2D eigenvalue weighted by Gasteiger charge is 2.06. The fourth-order valence-electron chi connectivity index (χ4n) is 2.12. The summed E-state index contributed by atoms with van der Waals surface area (Å²) in [5.74, 6) is 1.60. The fourth-order valence-corrected chi connectivity index (χ4v) is 2.12. The molecule has 0 aliphatic carbocycles. The molecule has 0 aliphatic rings. The Morgan fingerprint density at radius 2 is 2.12 bits per heavy atom. The quantitative estimate of drug-likeness (QED) is 0.626. The number of hydrogen-bond acceptors (Lipinski definition) is 6. The molecule has 128 valence electrons. The SMILES string of the molecule is Nc1ccc(Oc2ccnc(-c3cnn(CCNC(=O)O)c3)c2)cn1. The van der Waals surface area contributed by atoms with E-state index in [2.05, 4.69) is 20.4 Å². The van der Waals surface area contributed by atoms with E-state index < -0.39 is 6.09 Å². The number of nitrogens with two attached hydrogens (primary N) is 1. The summed E-state index contributed by atoms with van der Waals surface area (Å²) in [6, 6.07) is 6.91. The molecule has 0 aromatic carbocycles. The van der Waals surface area contributed by atoms with Crippen LogP contribution in [-0.4, -0.2) is 37.5 Å². The first kappa shape index (κ1) is 16.2. The van der Waals surface area contributed by atoms with Crippen molar-refractivity contribution in [3.63, 3.8) is 0 Å². The van der Waals surface area contributed by atoms with Crippen molar-refractivity contribution in [3.05, 3.63) is 49.1 Å². The second-order valence-corrected chi connectivity index (χ2v) is 5.12. The van der Waals surface area contributed by atoms with Crippen LogP contribution in [0.15, 0.2) is 49.1 Å². The van der Waals surface area contributed by atoms with Gasteiger partial charge in [0.05, 0.1) is 24.6 Å². The monoisotopic (exact) mass is 340 g/mol. The number of aromatic nitrogens is 4. The van der Waals surface area contributed by atoms with Gasteiger partial charge in [0.25, 0.3) is 0 Å². The average molecular weight is 340 g/mol. The van der Waals surface area contributed by atoms with Crippen molar-refractivity contribution in [2.45, 2.75) is 6.54 Å². The standard InChI is InChI=1S/C16H16N6O3/c17-15-2-1-13(9-20-15)25-12-3-4-18-14(7-12)11-8-21-22(10-11)6-5-19-16(23)24/h1-4,7-10,19H,5-6H2,(H2,17,20)(H,23,24). The van der Waals surface area contributed by atoms with Crippen LogP contribution in [0.25, 0.3) is 11.3 Å². The summed E-state index contributed by atoms with van der Waals surface area (Å²) >= 11 is 0. The Bertz CT molecular complexity index is 862. The zero-order valence-electron chi connectivity index (χ0n) is 13.2. The first-order valence-electron chi connectivity index (χ1n) is 7.45. The van der Waals surface area contributed by atoms with E-state index in [1.165, 1.54) is 0 Å². The van der Waals surface area contributed by atoms with Crippen LogP contribution in [0.3, 0.4) is 0 Å². The van der Waals surface area contributed by atoms with Gasteiger partial charge in [-0.05, 0) is 18.2 Å². The lowest BCUT2D eigenvalue weighted by Gasteiger charge is -2.06. The number of hydrogen-bond donors (Lipinski definition) is 3. The van der Waals surface area contributed by atoms with Gasteiger partial charge in [-0.1, -0.05) is 0 Å². The molecule has 0 fully saturated rings. The molecule has 9 heteroatoms. The van der Waals surface area contributed by atoms with Crippen molar-refractivity contribution in [1.82, 2.24) is 25.1 Å². The third-order valence-corrected chi connectivity index (χ3v) is 3.27. The van der Waals surface area contributed by atoms with Gasteiger partial charge in [-0.15, -0.1) is 0 Å². The van der Waals surface area contributed by atoms with Crippen molar-refractivity contribution in [2.75, 3.05) is 12.3 Å². The average Bonchev–Trinajstić information content (AvgIpc) is 3.06. The van der Waals surface area contributed by atoms with Gasteiger partial charge in [0.15, 0.2) is 0 Å². The Balaban J connectivity index is 1.69. The highest BCUT2D eigenvalue weighted by atomic mass is 16.5. The normalized spacial score (nSPS) is 10.4. The van der Waals surface area contributed by atoms with Crippen LogP contribution in [0.2, 0.25) is 0 Å². The lowest BCUT2D eigenvalue weighted by Crippen LogP contribution is -2.25. The summed E-state index contributed by atoms with van der Waals surface area (Å²) in [5, 5.41) is 15.0. The molecular formula is C16H16N6O3. The molecule has 3 rings (SSSR count). The number of nitrogens with zero attached hydrogens (tertiary/aromatic N) is 4. The summed E-state index contributed by atoms with van der Waals surface area (Å²) in [7, 11) is 0. The van der Waals surface area contributed by atoms with Gasteiger partial charge in [0.1, 0.15) is 17.3 Å². The van der Waals surface area contributed by atoms with Crippen LogP contribution in [0.4, 0.5) is 10.6 Å². The Morgan fingerprint density at radius 1 is 1.24 bits per heavy atom. The third kappa shape index (κ3) is 4.44. The third-order valence-electron chi connectivity index (χ3n) is 3.27. The van der Waals surface area contributed by atoms with Gasteiger partial charge in [-0.3, -0.25) is 9.67 Å². The van der Waals surface area contributed by atoms with Crippen LogP contribution >= 0.6 is 0 Å². The minimum absolute atomic E-state index is 0.275. The van der Waals surface area contributed by atoms with Gasteiger partial charge in [0.2, 0.25) is 0 Å². The minimum atomic E-state index is -1.06. The largest absolute Gasteiger partial charge is 0.465 e. The van der Waals surface area contributed by atoms with E-state index in [-0.39, 0.29) is 6.54 Å². The zero-order valence-corrected chi connectivity index (χ0v) is 13.2. The predicted octanol–water partition coefficient (Wildman–Crippen LogP) is 1.98. The van der Waals surface area contributed by atoms with Crippen molar-refractivity contribution in [1.29, 1.82) is 0 Å². The van der Waals surface area contributed by atoms with E-state index in [9.17, 15) is 4.79 Å². The molecule has 0 spiro atoms. The summed E-state index contributed by atoms with van der Waals surface area (Å²) in [6.45, 7) is 0.705. The molecule has 3 aromatic heterocycles. The number of carbonyl (C=O) groups is 1. The topological polar surface area (TPSA) is 128 Å². The summed E-state index contributed by atoms with van der Waals surface area (Å²) < 4.78 is 7.38. The molecule has 0 atom stereocenters. The Morgan fingerprint density at radius 3 is 2.88 bits per heavy atom. The molecular weight excluding hydrogens is 324 g/mol. The lowest BCUT2D eigenvalue weighted by atomic mass is 10.2. The second kappa shape index (κ2) is 7.30. The zero-order chi connectivity index (χ0) is 17.6. The fraction of sp³-hybridized carbons (Fsp3) is 0.125. The molecule has 0 aliphatic heterocycles. The van der Waals surface area contributed by atoms with Crippen LogP contribution in [0.5, 0.6) is 11.5 Å². The maximum atomic E-state index is 10.4. The van der Waals surface area contributed by atoms with E-state index >= 15 is 0 Å². The van der Waals surface area contributed by atoms with Crippen molar-refractivity contribution in [3.8, 4) is 22.8 Å². The van der Waals surface area contributed by atoms with E-state index in [0.717, 1.165) is 5.56 Å². The Labute approximate surface area is 143 Å². The summed E-state index contributed by atoms with van der Waals surface area (Å²) in [5.41, 5.74) is 7.05. The number of carboxylic acid groups (broad SMARTS) is 1. The van der Waals surface area contributed by atoms with E-state index in [0.29, 0.717) is 29.6 Å². The number of anilines is 1. The second-order valence-electron chi connectivity index (χ2n) is 5.12. The predicted molar refractivity (Wildman–Crippen MR) is 90.2 cm³/mol. The maximum absolute atomic E-state index is 10.4. The molecule has 0 unspecified atom stereocenters. The molecule has 1 amide bonds. The van der Waals surface area contributed by atoms with Crippen LogP contribution in [-0.2, 0) is 6.54 Å². The first-order chi connectivity index (χ1) is 12.1. The number of pyridine rings is 2. The molecule has 0 radical (unpaired) electrons. The number of nitrogens with one attached hydrogen (secondary N) is 1. The summed E-state index contributed by atoms with van der Waals surface area (Å²) in [6.07, 6.45) is 5.58. The number of nitrogen functional groups attached to an aromatic ring is 1. The van der Waals surface area contributed by atoms with Crippen LogP contribution in [0.1, 0.15) is 0 Å². The van der Waals surface area contributed by atoms with E-state index in [1.54, 1.807) is 53.7 Å². The van der Waals surface area contributed by atoms with Crippen molar-refractivity contribution < 1.29 is 14.6 Å². The molecule has 3 heterocycles. The lowest BCUT2D eigenvalue weighted by molar-refractivity contribution is 0.194.